The van der Waals surface area contributed by atoms with Crippen LogP contribution in [0.5, 0.6) is 0 Å². The molecule has 3 N–H and O–H groups in total. The molecule has 0 spiro atoms. The van der Waals surface area contributed by atoms with Crippen LogP contribution >= 0.6 is 0 Å². The van der Waals surface area contributed by atoms with Crippen LogP contribution in [0.2, 0.25) is 0 Å². The minimum atomic E-state index is -0.973. The van der Waals surface area contributed by atoms with Gasteiger partial charge in [-0.25, -0.2) is 0 Å². The zero-order valence-electron chi connectivity index (χ0n) is 14.1. The number of benzene rings is 1. The molecular formula is C18H27NO4. The third-order valence-corrected chi connectivity index (χ3v) is 3.96. The molecule has 1 aromatic rings. The second kappa shape index (κ2) is 8.67. The normalized spacial score (nSPS) is 12.7. The number of anilines is 1. The van der Waals surface area contributed by atoms with Crippen molar-refractivity contribution in [3.8, 4) is 0 Å². The maximum Gasteiger partial charge on any atom is 0.310 e. The Morgan fingerprint density at radius 3 is 2.35 bits per heavy atom. The third kappa shape index (κ3) is 6.02. The van der Waals surface area contributed by atoms with Crippen molar-refractivity contribution in [1.82, 2.24) is 0 Å². The van der Waals surface area contributed by atoms with Gasteiger partial charge in [0.1, 0.15) is 0 Å². The second-order valence-electron chi connectivity index (χ2n) is 6.13. The standard InChI is InChI=1S/C18H27NO4/c1-4-9-18(23,10-5-2)12-16(20)19-15-8-6-7-14(11-15)13(3)17(21)22/h6-8,11,13,23H,4-5,9-10,12H2,1-3H3,(H,19,20)(H,21,22). The highest BCUT2D eigenvalue weighted by molar-refractivity contribution is 5.91. The van der Waals surface area contributed by atoms with E-state index in [1.165, 1.54) is 0 Å². The maximum atomic E-state index is 12.2. The van der Waals surface area contributed by atoms with Crippen molar-refractivity contribution in [2.24, 2.45) is 0 Å². The number of nitrogens with one attached hydrogen (secondary N) is 1. The molecule has 128 valence electrons. The molecule has 0 saturated heterocycles. The summed E-state index contributed by atoms with van der Waals surface area (Å²) in [4.78, 5) is 23.2. The van der Waals surface area contributed by atoms with E-state index >= 15 is 0 Å². The number of carboxylic acids is 1. The smallest absolute Gasteiger partial charge is 0.310 e. The highest BCUT2D eigenvalue weighted by Crippen LogP contribution is 2.25. The van der Waals surface area contributed by atoms with Gasteiger partial charge in [0.25, 0.3) is 0 Å². The predicted octanol–water partition coefficient (Wildman–Crippen LogP) is 3.53. The number of carbonyl (C=O) groups is 2. The number of aliphatic hydroxyl groups is 1. The molecule has 0 aromatic heterocycles. The number of amides is 1. The van der Waals surface area contributed by atoms with E-state index in [9.17, 15) is 14.7 Å². The molecule has 1 amide bonds. The number of rotatable bonds is 9. The average molecular weight is 321 g/mol. The lowest BCUT2D eigenvalue weighted by Crippen LogP contribution is -2.33. The average Bonchev–Trinajstić information content (AvgIpc) is 2.46. The lowest BCUT2D eigenvalue weighted by Gasteiger charge is -2.26. The van der Waals surface area contributed by atoms with Crippen LogP contribution in [-0.4, -0.2) is 27.7 Å². The third-order valence-electron chi connectivity index (χ3n) is 3.96. The lowest BCUT2D eigenvalue weighted by atomic mass is 9.89. The van der Waals surface area contributed by atoms with E-state index < -0.39 is 17.5 Å². The van der Waals surface area contributed by atoms with Crippen LogP contribution in [0.3, 0.4) is 0 Å². The molecule has 5 nitrogen and oxygen atoms in total. The molecule has 5 heteroatoms. The fraction of sp³-hybridized carbons (Fsp3) is 0.556. The first kappa shape index (κ1) is 19.2. The highest BCUT2D eigenvalue weighted by atomic mass is 16.4. The van der Waals surface area contributed by atoms with Gasteiger partial charge in [-0.05, 0) is 37.5 Å². The fourth-order valence-corrected chi connectivity index (χ4v) is 2.76. The zero-order chi connectivity index (χ0) is 17.5. The quantitative estimate of drug-likeness (QED) is 0.649. The Morgan fingerprint density at radius 2 is 1.83 bits per heavy atom. The van der Waals surface area contributed by atoms with Crippen molar-refractivity contribution in [2.75, 3.05) is 5.32 Å². The molecule has 1 unspecified atom stereocenters. The number of carboxylic acid groups (broad SMARTS) is 1. The first-order valence-corrected chi connectivity index (χ1v) is 8.16. The van der Waals surface area contributed by atoms with Gasteiger partial charge in [0.05, 0.1) is 17.9 Å². The topological polar surface area (TPSA) is 86.6 Å². The van der Waals surface area contributed by atoms with Gasteiger partial charge in [0.2, 0.25) is 5.91 Å². The van der Waals surface area contributed by atoms with Gasteiger partial charge < -0.3 is 15.5 Å². The molecule has 1 atom stereocenters. The van der Waals surface area contributed by atoms with E-state index in [0.717, 1.165) is 12.8 Å². The van der Waals surface area contributed by atoms with E-state index in [0.29, 0.717) is 24.1 Å². The van der Waals surface area contributed by atoms with Crippen molar-refractivity contribution in [1.29, 1.82) is 0 Å². The van der Waals surface area contributed by atoms with Crippen molar-refractivity contribution in [3.63, 3.8) is 0 Å². The summed E-state index contributed by atoms with van der Waals surface area (Å²) in [5, 5.41) is 22.4. The maximum absolute atomic E-state index is 12.2. The molecule has 0 bridgehead atoms. The van der Waals surface area contributed by atoms with Crippen molar-refractivity contribution in [3.05, 3.63) is 29.8 Å². The van der Waals surface area contributed by atoms with Crippen LogP contribution in [0, 0.1) is 0 Å². The Balaban J connectivity index is 2.77. The second-order valence-corrected chi connectivity index (χ2v) is 6.13. The summed E-state index contributed by atoms with van der Waals surface area (Å²) in [5.74, 6) is -1.80. The highest BCUT2D eigenvalue weighted by Gasteiger charge is 2.28. The van der Waals surface area contributed by atoms with Crippen molar-refractivity contribution in [2.45, 2.75) is 64.4 Å². The molecule has 0 aliphatic rings. The Labute approximate surface area is 137 Å². The fourth-order valence-electron chi connectivity index (χ4n) is 2.76. The summed E-state index contributed by atoms with van der Waals surface area (Å²) in [5.41, 5.74) is 0.211. The summed E-state index contributed by atoms with van der Waals surface area (Å²) in [7, 11) is 0. The van der Waals surface area contributed by atoms with E-state index in [4.69, 9.17) is 5.11 Å². The van der Waals surface area contributed by atoms with Crippen LogP contribution in [0.15, 0.2) is 24.3 Å². The molecule has 0 aliphatic heterocycles. The summed E-state index contributed by atoms with van der Waals surface area (Å²) < 4.78 is 0. The van der Waals surface area contributed by atoms with E-state index in [-0.39, 0.29) is 12.3 Å². The molecule has 0 saturated carbocycles. The van der Waals surface area contributed by atoms with Crippen molar-refractivity contribution >= 4 is 17.6 Å². The molecule has 1 aromatic carbocycles. The van der Waals surface area contributed by atoms with Gasteiger partial charge in [0, 0.05) is 5.69 Å². The Bertz CT molecular complexity index is 536. The summed E-state index contributed by atoms with van der Waals surface area (Å²) >= 11 is 0. The van der Waals surface area contributed by atoms with Gasteiger partial charge in [-0.1, -0.05) is 38.8 Å². The zero-order valence-corrected chi connectivity index (χ0v) is 14.1. The Hall–Kier alpha value is -1.88. The van der Waals surface area contributed by atoms with E-state index in [1.807, 2.05) is 13.8 Å². The van der Waals surface area contributed by atoms with Gasteiger partial charge >= 0.3 is 5.97 Å². The van der Waals surface area contributed by atoms with Gasteiger partial charge in [-0.15, -0.1) is 0 Å². The van der Waals surface area contributed by atoms with Gasteiger partial charge in [0.15, 0.2) is 0 Å². The molecule has 23 heavy (non-hydrogen) atoms. The van der Waals surface area contributed by atoms with Crippen LogP contribution in [-0.2, 0) is 9.59 Å². The molecule has 1 rings (SSSR count). The van der Waals surface area contributed by atoms with Crippen LogP contribution < -0.4 is 5.32 Å². The number of hydrogen-bond acceptors (Lipinski definition) is 3. The van der Waals surface area contributed by atoms with Crippen LogP contribution in [0.4, 0.5) is 5.69 Å². The molecule has 0 fully saturated rings. The minimum absolute atomic E-state index is 0.0490. The summed E-state index contributed by atoms with van der Waals surface area (Å²) in [6.07, 6.45) is 2.85. The Kier molecular flexibility index (Phi) is 7.23. The van der Waals surface area contributed by atoms with Crippen LogP contribution in [0.1, 0.15) is 64.4 Å². The predicted molar refractivity (Wildman–Crippen MR) is 90.5 cm³/mol. The van der Waals surface area contributed by atoms with Crippen LogP contribution in [0.25, 0.3) is 0 Å². The first-order chi connectivity index (χ1) is 10.8. The number of hydrogen-bond donors (Lipinski definition) is 3. The monoisotopic (exact) mass is 321 g/mol. The lowest BCUT2D eigenvalue weighted by molar-refractivity contribution is -0.138. The summed E-state index contributed by atoms with van der Waals surface area (Å²) in [6.45, 7) is 5.56. The number of aliphatic carboxylic acids is 1. The molecule has 0 heterocycles. The van der Waals surface area contributed by atoms with Gasteiger partial charge in [-0.3, -0.25) is 9.59 Å². The van der Waals surface area contributed by atoms with E-state index in [1.54, 1.807) is 31.2 Å². The SMILES string of the molecule is CCCC(O)(CCC)CC(=O)Nc1cccc(C(C)C(=O)O)c1. The molecule has 0 aliphatic carbocycles. The number of carbonyl (C=O) groups excluding carboxylic acids is 1. The summed E-state index contributed by atoms with van der Waals surface area (Å²) in [6, 6.07) is 6.82. The van der Waals surface area contributed by atoms with Gasteiger partial charge in [-0.2, -0.15) is 0 Å². The van der Waals surface area contributed by atoms with Crippen molar-refractivity contribution < 1.29 is 19.8 Å². The first-order valence-electron chi connectivity index (χ1n) is 8.16. The molecule has 0 radical (unpaired) electrons. The molecular weight excluding hydrogens is 294 g/mol. The minimum Gasteiger partial charge on any atom is -0.481 e. The largest absolute Gasteiger partial charge is 0.481 e. The van der Waals surface area contributed by atoms with E-state index in [2.05, 4.69) is 5.32 Å². The Morgan fingerprint density at radius 1 is 1.22 bits per heavy atom.